The summed E-state index contributed by atoms with van der Waals surface area (Å²) in [6, 6.07) is 6.07. The van der Waals surface area contributed by atoms with Crippen LogP contribution in [0.5, 0.6) is 0 Å². The summed E-state index contributed by atoms with van der Waals surface area (Å²) in [6.07, 6.45) is 1.64. The fourth-order valence-corrected chi connectivity index (χ4v) is 1.61. The van der Waals surface area contributed by atoms with Crippen molar-refractivity contribution in [3.05, 3.63) is 41.5 Å². The van der Waals surface area contributed by atoms with Gasteiger partial charge in [-0.3, -0.25) is 0 Å². The number of guanidine groups is 1. The molecule has 2 rings (SSSR count). The van der Waals surface area contributed by atoms with Crippen LogP contribution in [0.3, 0.4) is 0 Å². The highest BCUT2D eigenvalue weighted by Gasteiger charge is 2.01. The summed E-state index contributed by atoms with van der Waals surface area (Å²) in [6.45, 7) is 4.54. The number of hydrogen-bond donors (Lipinski definition) is 2. The number of aromatic nitrogens is 3. The van der Waals surface area contributed by atoms with E-state index < -0.39 is 0 Å². The topological polar surface area (TPSA) is 81.1 Å². The molecule has 1 aromatic carbocycles. The van der Waals surface area contributed by atoms with E-state index in [2.05, 4.69) is 34.4 Å². The first-order valence-corrected chi connectivity index (χ1v) is 6.03. The smallest absolute Gasteiger partial charge is 0.193 e. The minimum Gasteiger partial charge on any atom is -0.370 e. The number of rotatable bonds is 3. The number of aryl methyl sites for hydroxylation is 3. The van der Waals surface area contributed by atoms with Crippen LogP contribution in [0.25, 0.3) is 0 Å². The van der Waals surface area contributed by atoms with Gasteiger partial charge in [-0.15, -0.1) is 10.2 Å². The third-order valence-electron chi connectivity index (χ3n) is 2.98. The van der Waals surface area contributed by atoms with E-state index in [1.54, 1.807) is 6.33 Å². The zero-order valence-corrected chi connectivity index (χ0v) is 11.4. The Morgan fingerprint density at radius 3 is 2.79 bits per heavy atom. The van der Waals surface area contributed by atoms with Gasteiger partial charge in [0.2, 0.25) is 0 Å². The van der Waals surface area contributed by atoms with Crippen molar-refractivity contribution in [2.75, 3.05) is 5.32 Å². The molecule has 0 bridgehead atoms. The molecule has 0 spiro atoms. The van der Waals surface area contributed by atoms with E-state index >= 15 is 0 Å². The van der Waals surface area contributed by atoms with Gasteiger partial charge >= 0.3 is 0 Å². The fraction of sp³-hybridized carbons (Fsp3) is 0.308. The lowest BCUT2D eigenvalue weighted by Gasteiger charge is -2.08. The Morgan fingerprint density at radius 2 is 2.16 bits per heavy atom. The average Bonchev–Trinajstić information content (AvgIpc) is 2.77. The van der Waals surface area contributed by atoms with Crippen LogP contribution < -0.4 is 11.1 Å². The number of hydrogen-bond acceptors (Lipinski definition) is 3. The van der Waals surface area contributed by atoms with Gasteiger partial charge in [0.15, 0.2) is 11.8 Å². The van der Waals surface area contributed by atoms with Crippen molar-refractivity contribution in [2.24, 2.45) is 17.8 Å². The molecule has 19 heavy (non-hydrogen) atoms. The molecule has 0 fully saturated rings. The lowest BCUT2D eigenvalue weighted by atomic mass is 10.1. The normalized spacial score (nSPS) is 11.6. The number of nitrogens with two attached hydrogens (primary N) is 1. The Labute approximate surface area is 112 Å². The standard InChI is InChI=1S/C13H18N6/c1-9-4-5-11(6-10(9)2)17-13(14)15-7-12-18-16-8-19(12)3/h4-6,8H,7H2,1-3H3,(H3,14,15,17). The minimum absolute atomic E-state index is 0.367. The van der Waals surface area contributed by atoms with Crippen molar-refractivity contribution in [2.45, 2.75) is 20.4 Å². The Kier molecular flexibility index (Phi) is 3.79. The summed E-state index contributed by atoms with van der Waals surface area (Å²) >= 11 is 0. The second-order valence-electron chi connectivity index (χ2n) is 4.48. The van der Waals surface area contributed by atoms with Gasteiger partial charge in [0, 0.05) is 12.7 Å². The molecule has 0 radical (unpaired) electrons. The maximum Gasteiger partial charge on any atom is 0.193 e. The van der Waals surface area contributed by atoms with Gasteiger partial charge in [0.25, 0.3) is 0 Å². The van der Waals surface area contributed by atoms with Gasteiger partial charge in [0.05, 0.1) is 0 Å². The lowest BCUT2D eigenvalue weighted by molar-refractivity contribution is 0.792. The predicted molar refractivity (Wildman–Crippen MR) is 75.9 cm³/mol. The third-order valence-corrected chi connectivity index (χ3v) is 2.98. The maximum atomic E-state index is 5.84. The zero-order chi connectivity index (χ0) is 13.8. The first kappa shape index (κ1) is 13.1. The molecule has 0 aliphatic rings. The SMILES string of the molecule is Cc1ccc(NC(N)=NCc2nncn2C)cc1C. The van der Waals surface area contributed by atoms with Crippen molar-refractivity contribution < 1.29 is 0 Å². The van der Waals surface area contributed by atoms with Gasteiger partial charge in [-0.1, -0.05) is 6.07 Å². The molecule has 6 heteroatoms. The first-order chi connectivity index (χ1) is 9.06. The molecule has 0 aliphatic carbocycles. The lowest BCUT2D eigenvalue weighted by Crippen LogP contribution is -2.22. The van der Waals surface area contributed by atoms with Gasteiger partial charge in [-0.25, -0.2) is 4.99 Å². The van der Waals surface area contributed by atoms with E-state index in [0.29, 0.717) is 12.5 Å². The number of benzene rings is 1. The molecule has 0 unspecified atom stereocenters. The van der Waals surface area contributed by atoms with Gasteiger partial charge in [-0.2, -0.15) is 0 Å². The van der Waals surface area contributed by atoms with Crippen molar-refractivity contribution >= 4 is 11.6 Å². The highest BCUT2D eigenvalue weighted by atomic mass is 15.3. The molecular formula is C13H18N6. The predicted octanol–water partition coefficient (Wildman–Crippen LogP) is 1.36. The Balaban J connectivity index is 2.02. The molecule has 0 saturated heterocycles. The number of anilines is 1. The molecule has 100 valence electrons. The van der Waals surface area contributed by atoms with Crippen LogP contribution in [0, 0.1) is 13.8 Å². The van der Waals surface area contributed by atoms with Crippen molar-refractivity contribution in [1.82, 2.24) is 14.8 Å². The number of nitrogens with one attached hydrogen (secondary N) is 1. The highest BCUT2D eigenvalue weighted by Crippen LogP contribution is 2.13. The molecule has 3 N–H and O–H groups in total. The largest absolute Gasteiger partial charge is 0.370 e. The van der Waals surface area contributed by atoms with Crippen molar-refractivity contribution in [3.8, 4) is 0 Å². The summed E-state index contributed by atoms with van der Waals surface area (Å²) < 4.78 is 1.81. The summed E-state index contributed by atoms with van der Waals surface area (Å²) in [5.74, 6) is 1.14. The van der Waals surface area contributed by atoms with E-state index in [-0.39, 0.29) is 0 Å². The van der Waals surface area contributed by atoms with Crippen molar-refractivity contribution in [1.29, 1.82) is 0 Å². The molecule has 0 amide bonds. The fourth-order valence-electron chi connectivity index (χ4n) is 1.61. The number of nitrogens with zero attached hydrogens (tertiary/aromatic N) is 4. The van der Waals surface area contributed by atoms with Crippen molar-refractivity contribution in [3.63, 3.8) is 0 Å². The molecule has 6 nitrogen and oxygen atoms in total. The van der Waals surface area contributed by atoms with Crippen LogP contribution in [0.15, 0.2) is 29.5 Å². The average molecular weight is 258 g/mol. The van der Waals surface area contributed by atoms with Crippen LogP contribution in [0.4, 0.5) is 5.69 Å². The highest BCUT2D eigenvalue weighted by molar-refractivity contribution is 5.92. The van der Waals surface area contributed by atoms with E-state index in [9.17, 15) is 0 Å². The minimum atomic E-state index is 0.367. The molecule has 0 saturated carbocycles. The monoisotopic (exact) mass is 258 g/mol. The Morgan fingerprint density at radius 1 is 1.37 bits per heavy atom. The zero-order valence-electron chi connectivity index (χ0n) is 11.4. The van der Waals surface area contributed by atoms with Crippen LogP contribution >= 0.6 is 0 Å². The molecular weight excluding hydrogens is 240 g/mol. The van der Waals surface area contributed by atoms with Crippen LogP contribution in [-0.2, 0) is 13.6 Å². The second-order valence-corrected chi connectivity index (χ2v) is 4.48. The van der Waals surface area contributed by atoms with Gasteiger partial charge in [-0.05, 0) is 37.1 Å². The van der Waals surface area contributed by atoms with Crippen LogP contribution in [0.2, 0.25) is 0 Å². The summed E-state index contributed by atoms with van der Waals surface area (Å²) in [5.41, 5.74) is 9.24. The molecule has 0 aliphatic heterocycles. The maximum absolute atomic E-state index is 5.84. The molecule has 0 atom stereocenters. The van der Waals surface area contributed by atoms with Gasteiger partial charge in [0.1, 0.15) is 12.9 Å². The summed E-state index contributed by atoms with van der Waals surface area (Å²) in [4.78, 5) is 4.23. The van der Waals surface area contributed by atoms with E-state index in [0.717, 1.165) is 11.5 Å². The quantitative estimate of drug-likeness (QED) is 0.643. The van der Waals surface area contributed by atoms with Crippen LogP contribution in [0.1, 0.15) is 17.0 Å². The molecule has 1 heterocycles. The van der Waals surface area contributed by atoms with Gasteiger partial charge < -0.3 is 15.6 Å². The number of aliphatic imine (C=N–C) groups is 1. The van der Waals surface area contributed by atoms with Crippen LogP contribution in [-0.4, -0.2) is 20.7 Å². The Hall–Kier alpha value is -2.37. The molecule has 2 aromatic rings. The third kappa shape index (κ3) is 3.31. The molecule has 1 aromatic heterocycles. The second kappa shape index (κ2) is 5.51. The van der Waals surface area contributed by atoms with E-state index in [4.69, 9.17) is 5.73 Å². The first-order valence-electron chi connectivity index (χ1n) is 6.03. The summed E-state index contributed by atoms with van der Waals surface area (Å²) in [7, 11) is 1.87. The van der Waals surface area contributed by atoms with E-state index in [1.165, 1.54) is 11.1 Å². The van der Waals surface area contributed by atoms with E-state index in [1.807, 2.05) is 29.8 Å². The summed E-state index contributed by atoms with van der Waals surface area (Å²) in [5, 5.41) is 10.8. The Bertz CT molecular complexity index is 599.